The molecule has 1 heterocycles. The predicted molar refractivity (Wildman–Crippen MR) is 304 cm³/mol. The SMILES string of the molecule is C[C@@H](OC(C)(C)C)[C@H](NC(=O)[C@H](CCC(N)=O)NC(=O)OCC1c2ccccc2-c2ccccc21)C(=O)NC(Cc1c[nH]c2ccccc12)C(=O)N[C@@H](CCCONC(c1ccccc1)(c1ccccc1)c1ccccc1)C(=O)O. The number of carbonyl (C=O) groups excluding carboxylic acids is 5. The number of hydroxylamine groups is 1. The first kappa shape index (κ1) is 57.5. The second-order valence-electron chi connectivity index (χ2n) is 20.9. The van der Waals surface area contributed by atoms with Gasteiger partial charge in [0.2, 0.25) is 23.6 Å². The van der Waals surface area contributed by atoms with E-state index >= 15 is 0 Å². The molecule has 1 unspecified atom stereocenters. The van der Waals surface area contributed by atoms with Gasteiger partial charge in [-0.05, 0) is 97.5 Å². The fourth-order valence-electron chi connectivity index (χ4n) is 10.4. The number of nitrogens with two attached hydrogens (primary N) is 1. The molecule has 0 fully saturated rings. The van der Waals surface area contributed by atoms with Crippen LogP contribution in [0.1, 0.15) is 92.7 Å². The van der Waals surface area contributed by atoms with Gasteiger partial charge in [0.1, 0.15) is 36.3 Å². The molecule has 0 spiro atoms. The molecule has 8 rings (SSSR count). The molecule has 7 aromatic rings. The number of aromatic nitrogens is 1. The number of ether oxygens (including phenoxy) is 2. The average molecular weight is 1080 g/mol. The van der Waals surface area contributed by atoms with E-state index in [1.54, 1.807) is 33.9 Å². The third kappa shape index (κ3) is 14.1. The Kier molecular flexibility index (Phi) is 18.9. The quantitative estimate of drug-likeness (QED) is 0.0147. The molecule has 6 aromatic carbocycles. The third-order valence-corrected chi connectivity index (χ3v) is 14.2. The number of aliphatic carboxylic acids is 1. The summed E-state index contributed by atoms with van der Waals surface area (Å²) < 4.78 is 12.0. The van der Waals surface area contributed by atoms with Crippen molar-refractivity contribution in [3.63, 3.8) is 0 Å². The maximum Gasteiger partial charge on any atom is 0.407 e. The lowest BCUT2D eigenvalue weighted by Gasteiger charge is -2.36. The molecule has 17 nitrogen and oxygen atoms in total. The maximum atomic E-state index is 14.8. The number of hydrogen-bond acceptors (Lipinski definition) is 10. The number of primary amides is 1. The molecule has 1 aliphatic rings. The minimum Gasteiger partial charge on any atom is -0.480 e. The van der Waals surface area contributed by atoms with Crippen LogP contribution in [-0.4, -0.2) is 94.9 Å². The lowest BCUT2D eigenvalue weighted by molar-refractivity contribution is -0.143. The summed E-state index contributed by atoms with van der Waals surface area (Å²) in [5.74, 6) is -4.84. The number of para-hydroxylation sites is 1. The number of hydrogen-bond donors (Lipinski definition) is 8. The molecule has 0 radical (unpaired) electrons. The van der Waals surface area contributed by atoms with E-state index in [0.29, 0.717) is 5.56 Å². The van der Waals surface area contributed by atoms with Gasteiger partial charge in [-0.2, -0.15) is 5.48 Å². The van der Waals surface area contributed by atoms with Gasteiger partial charge in [-0.25, -0.2) is 9.59 Å². The number of fused-ring (bicyclic) bond motifs is 4. The molecule has 0 aliphatic heterocycles. The number of H-pyrrole nitrogens is 1. The molecule has 416 valence electrons. The van der Waals surface area contributed by atoms with Crippen LogP contribution < -0.4 is 32.5 Å². The molecule has 80 heavy (non-hydrogen) atoms. The van der Waals surface area contributed by atoms with Crippen molar-refractivity contribution < 1.29 is 48.2 Å². The van der Waals surface area contributed by atoms with Crippen molar-refractivity contribution in [2.75, 3.05) is 13.2 Å². The largest absolute Gasteiger partial charge is 0.480 e. The van der Waals surface area contributed by atoms with E-state index in [1.807, 2.05) is 164 Å². The van der Waals surface area contributed by atoms with Crippen molar-refractivity contribution in [3.05, 3.63) is 203 Å². The molecule has 1 aliphatic carbocycles. The Bertz CT molecular complexity index is 3110. The molecule has 0 saturated carbocycles. The Hall–Kier alpha value is -8.64. The van der Waals surface area contributed by atoms with Crippen LogP contribution in [0.15, 0.2) is 170 Å². The topological polar surface area (TPSA) is 252 Å². The second-order valence-corrected chi connectivity index (χ2v) is 20.9. The fraction of sp³-hybridized carbons (Fsp3) is 0.302. The van der Waals surface area contributed by atoms with Gasteiger partial charge in [0.25, 0.3) is 0 Å². The third-order valence-electron chi connectivity index (χ3n) is 14.2. The number of carboxylic acids is 1. The Morgan fingerprint density at radius 2 is 1.15 bits per heavy atom. The summed E-state index contributed by atoms with van der Waals surface area (Å²) in [6.07, 6.45) is -0.789. The van der Waals surface area contributed by atoms with Crippen molar-refractivity contribution >= 4 is 46.6 Å². The van der Waals surface area contributed by atoms with Crippen molar-refractivity contribution in [1.29, 1.82) is 0 Å². The van der Waals surface area contributed by atoms with Crippen LogP contribution in [0.5, 0.6) is 0 Å². The van der Waals surface area contributed by atoms with Gasteiger partial charge in [-0.3, -0.25) is 19.2 Å². The van der Waals surface area contributed by atoms with E-state index in [9.17, 15) is 33.9 Å². The standard InChI is InChI=1S/C63H69N7O10/c1-40(80-62(2,3)4)56(69-57(72)52(34-35-55(64)71)68-61(77)78-39-50-48-30-16-14-28-46(48)47-29-15-17-31-49(47)50)59(74)67-54(37-41-38-65-51-32-19-18-27-45(41)51)58(73)66-53(60(75)76)33-20-36-79-70-63(42-21-8-5-9-22-42,43-23-10-6-11-24-43)44-25-12-7-13-26-44/h5-19,21-32,38,40,50,52-54,56,65,70H,20,33-37,39H2,1-4H3,(H2,64,71)(H,66,73)(H,67,74)(H,68,77)(H,69,72)(H,75,76)/t40-,52+,53+,54?,56+/m1/s1. The average Bonchev–Trinajstić information content (AvgIpc) is 4.02. The molecule has 0 saturated heterocycles. The zero-order valence-electron chi connectivity index (χ0n) is 45.3. The molecule has 5 atom stereocenters. The number of carboxylic acid groups (broad SMARTS) is 1. The van der Waals surface area contributed by atoms with Crippen molar-refractivity contribution in [2.45, 2.75) is 107 Å². The molecular formula is C63H69N7O10. The van der Waals surface area contributed by atoms with Crippen LogP contribution in [0.4, 0.5) is 4.79 Å². The van der Waals surface area contributed by atoms with Gasteiger partial charge < -0.3 is 51.4 Å². The van der Waals surface area contributed by atoms with Gasteiger partial charge >= 0.3 is 12.1 Å². The van der Waals surface area contributed by atoms with Crippen LogP contribution in [0, 0.1) is 0 Å². The van der Waals surface area contributed by atoms with Gasteiger partial charge in [0.05, 0.1) is 18.3 Å². The first-order valence-corrected chi connectivity index (χ1v) is 26.8. The molecule has 5 amide bonds. The first-order valence-electron chi connectivity index (χ1n) is 26.8. The highest BCUT2D eigenvalue weighted by atomic mass is 16.6. The van der Waals surface area contributed by atoms with E-state index in [4.69, 9.17) is 20.0 Å². The number of nitrogens with one attached hydrogen (secondary N) is 6. The maximum absolute atomic E-state index is 14.8. The summed E-state index contributed by atoms with van der Waals surface area (Å²) in [5, 5.41) is 22.1. The first-order chi connectivity index (χ1) is 38.5. The van der Waals surface area contributed by atoms with Crippen molar-refractivity contribution in [1.82, 2.24) is 31.7 Å². The molecule has 1 aromatic heterocycles. The molecular weight excluding hydrogens is 1010 g/mol. The number of benzene rings is 6. The zero-order chi connectivity index (χ0) is 56.8. The summed E-state index contributed by atoms with van der Waals surface area (Å²) in [7, 11) is 0. The van der Waals surface area contributed by atoms with Crippen LogP contribution >= 0.6 is 0 Å². The van der Waals surface area contributed by atoms with Crippen molar-refractivity contribution in [2.24, 2.45) is 5.73 Å². The van der Waals surface area contributed by atoms with E-state index in [0.717, 1.165) is 49.8 Å². The molecule has 9 N–H and O–H groups in total. The second kappa shape index (κ2) is 26.3. The summed E-state index contributed by atoms with van der Waals surface area (Å²) in [6.45, 7) is 6.86. The van der Waals surface area contributed by atoms with E-state index in [-0.39, 0.29) is 51.2 Å². The zero-order valence-corrected chi connectivity index (χ0v) is 45.3. The highest BCUT2D eigenvalue weighted by molar-refractivity contribution is 5.96. The van der Waals surface area contributed by atoms with Crippen LogP contribution in [0.25, 0.3) is 22.0 Å². The summed E-state index contributed by atoms with van der Waals surface area (Å²) in [4.78, 5) is 91.9. The van der Waals surface area contributed by atoms with Crippen LogP contribution in [-0.2, 0) is 50.2 Å². The smallest absolute Gasteiger partial charge is 0.407 e. The lowest BCUT2D eigenvalue weighted by Crippen LogP contribution is -2.61. The normalized spacial score (nSPS) is 14.1. The van der Waals surface area contributed by atoms with Gasteiger partial charge in [-0.15, -0.1) is 0 Å². The lowest BCUT2D eigenvalue weighted by atomic mass is 9.78. The Morgan fingerprint density at radius 1 is 0.625 bits per heavy atom. The van der Waals surface area contributed by atoms with E-state index in [1.165, 1.54) is 0 Å². The van der Waals surface area contributed by atoms with Crippen LogP contribution in [0.2, 0.25) is 0 Å². The highest BCUT2D eigenvalue weighted by Gasteiger charge is 2.39. The van der Waals surface area contributed by atoms with Crippen molar-refractivity contribution in [3.8, 4) is 11.1 Å². The summed E-state index contributed by atoms with van der Waals surface area (Å²) >= 11 is 0. The number of aromatic amines is 1. The minimum atomic E-state index is -1.50. The van der Waals surface area contributed by atoms with E-state index < -0.39 is 77.1 Å². The number of amides is 5. The Morgan fingerprint density at radius 3 is 1.71 bits per heavy atom. The van der Waals surface area contributed by atoms with Gasteiger partial charge in [-0.1, -0.05) is 158 Å². The molecule has 17 heteroatoms. The van der Waals surface area contributed by atoms with Crippen LogP contribution in [0.3, 0.4) is 0 Å². The minimum absolute atomic E-state index is 0.0486. The summed E-state index contributed by atoms with van der Waals surface area (Å²) in [6, 6.07) is 46.8. The summed E-state index contributed by atoms with van der Waals surface area (Å²) in [5.41, 5.74) is 15.2. The number of rotatable bonds is 26. The highest BCUT2D eigenvalue weighted by Crippen LogP contribution is 2.44. The van der Waals surface area contributed by atoms with Gasteiger partial charge in [0.15, 0.2) is 0 Å². The Labute approximate surface area is 465 Å². The van der Waals surface area contributed by atoms with Gasteiger partial charge in [0, 0.05) is 35.9 Å². The predicted octanol–water partition coefficient (Wildman–Crippen LogP) is 7.92. The molecule has 0 bridgehead atoms. The monoisotopic (exact) mass is 1080 g/mol. The number of carbonyl (C=O) groups is 6. The fourth-order valence-corrected chi connectivity index (χ4v) is 10.4. The Balaban J connectivity index is 0.983. The van der Waals surface area contributed by atoms with E-state index in [2.05, 4.69) is 31.7 Å². The number of alkyl carbamates (subject to hydrolysis) is 1.